The Bertz CT molecular complexity index is 1400. The summed E-state index contributed by atoms with van der Waals surface area (Å²) in [6.07, 6.45) is 5.14. The van der Waals surface area contributed by atoms with Crippen LogP contribution < -0.4 is 26.5 Å². The molecule has 0 unspecified atom stereocenters. The number of phenolic OH excluding ortho intramolecular Hbond substituents is 1. The smallest absolute Gasteiger partial charge is 0.242 e. The average Bonchev–Trinajstić information content (AvgIpc) is 3.38. The minimum Gasteiger partial charge on any atom is -1.00 e. The van der Waals surface area contributed by atoms with E-state index in [1.807, 2.05) is 18.3 Å². The minimum absolute atomic E-state index is 0. The van der Waals surface area contributed by atoms with E-state index in [4.69, 9.17) is 9.25 Å². The van der Waals surface area contributed by atoms with Gasteiger partial charge in [0.2, 0.25) is 24.8 Å². The van der Waals surface area contributed by atoms with Gasteiger partial charge in [-0.2, -0.15) is 0 Å². The monoisotopic (exact) mass is 466 g/mol. The van der Waals surface area contributed by atoms with E-state index in [9.17, 15) is 9.90 Å². The van der Waals surface area contributed by atoms with Crippen LogP contribution in [-0.2, 0) is 0 Å². The normalized spacial score (nSPS) is 11.1. The fourth-order valence-electron chi connectivity index (χ4n) is 3.95. The van der Waals surface area contributed by atoms with Gasteiger partial charge >= 0.3 is 0 Å². The lowest BCUT2D eigenvalue weighted by Gasteiger charge is -2.08. The zero-order valence-corrected chi connectivity index (χ0v) is 18.0. The van der Waals surface area contributed by atoms with Crippen LogP contribution in [-0.4, -0.2) is 22.5 Å². The maximum Gasteiger partial charge on any atom is 0.242 e. The molecule has 0 spiro atoms. The third-order valence-corrected chi connectivity index (χ3v) is 5.42. The van der Waals surface area contributed by atoms with E-state index in [2.05, 4.69) is 18.8 Å². The summed E-state index contributed by atoms with van der Waals surface area (Å²) in [5.74, 6) is 0.287. The zero-order chi connectivity index (χ0) is 20.1. The Balaban J connectivity index is 0.00000218. The number of phenols is 1. The highest BCUT2D eigenvalue weighted by atomic mass is 79.9. The molecule has 6 nitrogen and oxygen atoms in total. The number of furan rings is 1. The number of aromatic amines is 1. The highest BCUT2D eigenvalue weighted by Crippen LogP contribution is 2.36. The molecule has 5 rings (SSSR count). The summed E-state index contributed by atoms with van der Waals surface area (Å²) < 4.78 is 6.67. The van der Waals surface area contributed by atoms with Gasteiger partial charge < -0.3 is 31.5 Å². The quantitative estimate of drug-likeness (QED) is 0.305. The first-order valence-corrected chi connectivity index (χ1v) is 9.31. The number of hydrogen-bond acceptors (Lipinski definition) is 4. The fourth-order valence-corrected chi connectivity index (χ4v) is 3.95. The van der Waals surface area contributed by atoms with Crippen molar-refractivity contribution < 1.29 is 40.9 Å². The number of pyridine rings is 1. The maximum atomic E-state index is 12.1. The highest BCUT2D eigenvalue weighted by molar-refractivity contribution is 6.16. The highest BCUT2D eigenvalue weighted by Gasteiger charge is 2.18. The molecular weight excluding hydrogens is 448 g/mol. The molecule has 30 heavy (non-hydrogen) atoms. The van der Waals surface area contributed by atoms with Gasteiger partial charge in [0.05, 0.1) is 17.2 Å². The van der Waals surface area contributed by atoms with Crippen molar-refractivity contribution in [2.24, 2.45) is 0 Å². The number of aromatic hydroxyl groups is 1. The third kappa shape index (κ3) is 3.11. The number of rotatable bonds is 4. The Hall–Kier alpha value is -3.32. The summed E-state index contributed by atoms with van der Waals surface area (Å²) >= 11 is 0. The van der Waals surface area contributed by atoms with Crippen molar-refractivity contribution in [1.82, 2.24) is 4.98 Å². The molecule has 0 aliphatic heterocycles. The zero-order valence-electron chi connectivity index (χ0n) is 16.4. The molecular formula is C23H19BrN2O4. The van der Waals surface area contributed by atoms with Crippen LogP contribution in [0.15, 0.2) is 59.5 Å². The van der Waals surface area contributed by atoms with Crippen molar-refractivity contribution >= 4 is 38.4 Å². The first-order valence-electron chi connectivity index (χ1n) is 9.31. The minimum atomic E-state index is -0.224. The predicted molar refractivity (Wildman–Crippen MR) is 109 cm³/mol. The molecule has 0 aliphatic rings. The molecule has 0 fully saturated rings. The molecule has 0 aliphatic carbocycles. The Morgan fingerprint density at radius 2 is 1.97 bits per heavy atom. The van der Waals surface area contributed by atoms with Crippen LogP contribution in [0.2, 0.25) is 0 Å². The number of carbonyl (C=O) groups is 1. The van der Waals surface area contributed by atoms with E-state index in [1.165, 1.54) is 6.26 Å². The number of fused-ring (bicyclic) bond motifs is 4. The second-order valence-corrected chi connectivity index (χ2v) is 7.16. The molecule has 0 radical (unpaired) electrons. The molecule has 5 aromatic rings. The van der Waals surface area contributed by atoms with Gasteiger partial charge in [-0.25, -0.2) is 0 Å². The Morgan fingerprint density at radius 1 is 1.13 bits per heavy atom. The number of ketones is 1. The van der Waals surface area contributed by atoms with Gasteiger partial charge in [0.25, 0.3) is 0 Å². The van der Waals surface area contributed by atoms with E-state index in [0.717, 1.165) is 43.7 Å². The van der Waals surface area contributed by atoms with Crippen molar-refractivity contribution in [1.29, 1.82) is 0 Å². The summed E-state index contributed by atoms with van der Waals surface area (Å²) in [6.45, 7) is 4.01. The number of hydrogen-bond donors (Lipinski definition) is 2. The fraction of sp³-hybridized carbons (Fsp3) is 0.130. The number of Topliss-reactive ketones (excluding diaryl/α,β-unsaturated/α-hetero) is 1. The standard InChI is InChI=1S/C23H18N2O4.BrH/c1-13-18-11-25(29-12-20(27)21-4-3-9-28-21)8-7-16(18)14(2)23-22(13)17-10-15(26)5-6-19(17)24-23;/h3-11,26H,12H2,1-2H3;1H. The maximum absolute atomic E-state index is 12.1. The SMILES string of the molecule is Cc1c2cc[n+](OCC(=O)c3ccco3)cc2c(C)c2c1[nH]c1ccc(O)cc12.[Br-]. The van der Waals surface area contributed by atoms with Gasteiger partial charge in [-0.15, -0.1) is 0 Å². The van der Waals surface area contributed by atoms with Crippen LogP contribution in [0, 0.1) is 13.8 Å². The number of H-pyrrole nitrogens is 1. The Labute approximate surface area is 182 Å². The van der Waals surface area contributed by atoms with E-state index >= 15 is 0 Å². The summed E-state index contributed by atoms with van der Waals surface area (Å²) in [5, 5.41) is 14.1. The number of nitrogens with one attached hydrogen (secondary N) is 1. The van der Waals surface area contributed by atoms with Gasteiger partial charge in [0.15, 0.2) is 5.76 Å². The molecule has 3 heterocycles. The number of carbonyl (C=O) groups excluding carboxylic acids is 1. The lowest BCUT2D eigenvalue weighted by atomic mass is 9.97. The number of nitrogens with zero attached hydrogens (tertiary/aromatic N) is 1. The number of halogens is 1. The lowest BCUT2D eigenvalue weighted by molar-refractivity contribution is -0.888. The molecule has 0 saturated heterocycles. The van der Waals surface area contributed by atoms with Crippen LogP contribution in [0.5, 0.6) is 5.75 Å². The Kier molecular flexibility index (Phi) is 4.99. The van der Waals surface area contributed by atoms with Gasteiger partial charge in [0.1, 0.15) is 5.75 Å². The topological polar surface area (TPSA) is 79.3 Å². The van der Waals surface area contributed by atoms with Crippen LogP contribution in [0.1, 0.15) is 21.7 Å². The van der Waals surface area contributed by atoms with E-state index in [1.54, 1.807) is 35.2 Å². The van der Waals surface area contributed by atoms with Gasteiger partial charge in [0, 0.05) is 27.1 Å². The summed E-state index contributed by atoms with van der Waals surface area (Å²) in [4.78, 5) is 21.2. The van der Waals surface area contributed by atoms with Crippen molar-refractivity contribution in [3.8, 4) is 5.75 Å². The average molecular weight is 467 g/mol. The van der Waals surface area contributed by atoms with Crippen molar-refractivity contribution in [3.63, 3.8) is 0 Å². The summed E-state index contributed by atoms with van der Waals surface area (Å²) in [5.41, 5.74) is 4.23. The molecule has 2 N–H and O–H groups in total. The van der Waals surface area contributed by atoms with E-state index in [0.29, 0.717) is 0 Å². The van der Waals surface area contributed by atoms with Crippen molar-refractivity contribution in [2.75, 3.05) is 6.61 Å². The largest absolute Gasteiger partial charge is 1.00 e. The van der Waals surface area contributed by atoms with Crippen LogP contribution in [0.25, 0.3) is 32.6 Å². The molecule has 2 aromatic carbocycles. The second-order valence-electron chi connectivity index (χ2n) is 7.16. The number of aromatic nitrogens is 2. The van der Waals surface area contributed by atoms with Crippen LogP contribution in [0.3, 0.4) is 0 Å². The summed E-state index contributed by atoms with van der Waals surface area (Å²) in [6, 6.07) is 10.6. The van der Waals surface area contributed by atoms with Crippen molar-refractivity contribution in [3.05, 3.63) is 71.9 Å². The lowest BCUT2D eigenvalue weighted by Crippen LogP contribution is -3.00. The van der Waals surface area contributed by atoms with Crippen molar-refractivity contribution in [2.45, 2.75) is 13.8 Å². The van der Waals surface area contributed by atoms with Crippen LogP contribution in [0.4, 0.5) is 0 Å². The number of benzene rings is 2. The summed E-state index contributed by atoms with van der Waals surface area (Å²) in [7, 11) is 0. The Morgan fingerprint density at radius 3 is 2.73 bits per heavy atom. The first kappa shape index (κ1) is 20.0. The third-order valence-electron chi connectivity index (χ3n) is 5.42. The molecule has 0 saturated carbocycles. The number of aryl methyl sites for hydroxylation is 2. The molecule has 3 aromatic heterocycles. The van der Waals surface area contributed by atoms with Crippen LogP contribution >= 0.6 is 0 Å². The molecule has 0 atom stereocenters. The van der Waals surface area contributed by atoms with E-state index < -0.39 is 0 Å². The van der Waals surface area contributed by atoms with Gasteiger partial charge in [-0.1, -0.05) is 0 Å². The first-order chi connectivity index (χ1) is 14.0. The van der Waals surface area contributed by atoms with E-state index in [-0.39, 0.29) is 40.9 Å². The molecule has 152 valence electrons. The second kappa shape index (κ2) is 7.50. The molecule has 0 amide bonds. The molecule has 0 bridgehead atoms. The van der Waals surface area contributed by atoms with Gasteiger partial charge in [-0.3, -0.25) is 9.63 Å². The predicted octanol–water partition coefficient (Wildman–Crippen LogP) is 0.993. The van der Waals surface area contributed by atoms with Gasteiger partial charge in [-0.05, 0) is 60.7 Å². The molecule has 7 heteroatoms.